The maximum absolute atomic E-state index is 13.6. The predicted octanol–water partition coefficient (Wildman–Crippen LogP) is 3.22. The smallest absolute Gasteiger partial charge is 0.141 e. The van der Waals surface area contributed by atoms with Crippen molar-refractivity contribution in [3.8, 4) is 0 Å². The van der Waals surface area contributed by atoms with E-state index in [1.807, 2.05) is 0 Å². The van der Waals surface area contributed by atoms with Gasteiger partial charge in [0.1, 0.15) is 11.6 Å². The first kappa shape index (κ1) is 13.7. The Kier molecular flexibility index (Phi) is 4.51. The lowest BCUT2D eigenvalue weighted by Gasteiger charge is -2.27. The molecule has 2 rings (SSSR count). The van der Waals surface area contributed by atoms with Crippen LogP contribution in [0.3, 0.4) is 0 Å². The van der Waals surface area contributed by atoms with Crippen LogP contribution in [0.1, 0.15) is 31.2 Å². The number of carbonyl (C=O) groups is 1. The Balaban J connectivity index is 2.08. The Bertz CT molecular complexity index is 449. The lowest BCUT2D eigenvalue weighted by Crippen LogP contribution is -2.38. The van der Waals surface area contributed by atoms with Crippen molar-refractivity contribution in [3.05, 3.63) is 34.1 Å². The molecule has 2 nitrogen and oxygen atoms in total. The minimum absolute atomic E-state index is 0.0542. The number of hydrogen-bond donors (Lipinski definition) is 1. The van der Waals surface area contributed by atoms with E-state index in [9.17, 15) is 9.18 Å². The van der Waals surface area contributed by atoms with Crippen LogP contribution < -0.4 is 5.73 Å². The molecule has 0 aliphatic heterocycles. The van der Waals surface area contributed by atoms with Crippen molar-refractivity contribution in [2.45, 2.75) is 38.1 Å². The zero-order valence-electron chi connectivity index (χ0n) is 10.2. The minimum atomic E-state index is -0.323. The SMILES string of the molecule is NC1CCCCC1C(=O)Cc1cc(Br)ccc1F. The maximum Gasteiger partial charge on any atom is 0.141 e. The van der Waals surface area contributed by atoms with Crippen molar-refractivity contribution < 1.29 is 9.18 Å². The number of nitrogens with two attached hydrogens (primary N) is 1. The molecule has 0 heterocycles. The second-order valence-electron chi connectivity index (χ2n) is 4.93. The van der Waals surface area contributed by atoms with E-state index in [-0.39, 0.29) is 30.0 Å². The van der Waals surface area contributed by atoms with E-state index in [0.29, 0.717) is 5.56 Å². The van der Waals surface area contributed by atoms with Gasteiger partial charge in [-0.05, 0) is 36.6 Å². The van der Waals surface area contributed by atoms with Gasteiger partial charge in [0.2, 0.25) is 0 Å². The summed E-state index contributed by atoms with van der Waals surface area (Å²) in [4.78, 5) is 12.2. The summed E-state index contributed by atoms with van der Waals surface area (Å²) in [5.41, 5.74) is 6.43. The van der Waals surface area contributed by atoms with Crippen LogP contribution in [-0.4, -0.2) is 11.8 Å². The Morgan fingerprint density at radius 3 is 2.83 bits per heavy atom. The van der Waals surface area contributed by atoms with Gasteiger partial charge in [-0.2, -0.15) is 0 Å². The Morgan fingerprint density at radius 2 is 2.11 bits per heavy atom. The fourth-order valence-electron chi connectivity index (χ4n) is 2.56. The Hall–Kier alpha value is -0.740. The van der Waals surface area contributed by atoms with E-state index in [2.05, 4.69) is 15.9 Å². The van der Waals surface area contributed by atoms with Gasteiger partial charge in [-0.3, -0.25) is 4.79 Å². The molecule has 2 unspecified atom stereocenters. The van der Waals surface area contributed by atoms with E-state index >= 15 is 0 Å². The van der Waals surface area contributed by atoms with Gasteiger partial charge in [-0.1, -0.05) is 28.8 Å². The van der Waals surface area contributed by atoms with Crippen LogP contribution in [0.5, 0.6) is 0 Å². The van der Waals surface area contributed by atoms with Crippen LogP contribution in [0, 0.1) is 11.7 Å². The first-order valence-corrected chi connectivity index (χ1v) is 7.09. The summed E-state index contributed by atoms with van der Waals surface area (Å²) in [6, 6.07) is 4.63. The van der Waals surface area contributed by atoms with Crippen molar-refractivity contribution in [2.75, 3.05) is 0 Å². The fraction of sp³-hybridized carbons (Fsp3) is 0.500. The van der Waals surface area contributed by atoms with Crippen molar-refractivity contribution >= 4 is 21.7 Å². The zero-order chi connectivity index (χ0) is 13.1. The van der Waals surface area contributed by atoms with Gasteiger partial charge in [-0.25, -0.2) is 4.39 Å². The minimum Gasteiger partial charge on any atom is -0.327 e. The molecule has 1 aromatic carbocycles. The van der Waals surface area contributed by atoms with Crippen LogP contribution in [0.4, 0.5) is 4.39 Å². The molecule has 0 spiro atoms. The van der Waals surface area contributed by atoms with E-state index < -0.39 is 0 Å². The van der Waals surface area contributed by atoms with Crippen LogP contribution >= 0.6 is 15.9 Å². The van der Waals surface area contributed by atoms with Crippen LogP contribution in [0.15, 0.2) is 22.7 Å². The fourth-order valence-corrected chi connectivity index (χ4v) is 2.97. The van der Waals surface area contributed by atoms with Gasteiger partial charge in [0, 0.05) is 22.9 Å². The lowest BCUT2D eigenvalue weighted by molar-refractivity contribution is -0.123. The zero-order valence-corrected chi connectivity index (χ0v) is 11.7. The number of Topliss-reactive ketones (excluding diaryl/α,β-unsaturated/α-hetero) is 1. The standard InChI is InChI=1S/C14H17BrFNO/c15-10-5-6-12(16)9(7-10)8-14(18)11-3-1-2-4-13(11)17/h5-7,11,13H,1-4,8,17H2. The van der Waals surface area contributed by atoms with Crippen molar-refractivity contribution in [1.82, 2.24) is 0 Å². The van der Waals surface area contributed by atoms with Crippen LogP contribution in [-0.2, 0) is 11.2 Å². The molecule has 2 atom stereocenters. The van der Waals surface area contributed by atoms with Gasteiger partial charge in [0.25, 0.3) is 0 Å². The molecule has 0 radical (unpaired) electrons. The van der Waals surface area contributed by atoms with Crippen LogP contribution in [0.2, 0.25) is 0 Å². The molecule has 1 saturated carbocycles. The molecule has 0 saturated heterocycles. The molecule has 1 aliphatic carbocycles. The van der Waals surface area contributed by atoms with Gasteiger partial charge < -0.3 is 5.73 Å². The molecular weight excluding hydrogens is 297 g/mol. The molecule has 18 heavy (non-hydrogen) atoms. The molecule has 0 aromatic heterocycles. The van der Waals surface area contributed by atoms with Gasteiger partial charge in [-0.15, -0.1) is 0 Å². The summed E-state index contributed by atoms with van der Waals surface area (Å²) in [6.07, 6.45) is 4.03. The topological polar surface area (TPSA) is 43.1 Å². The second kappa shape index (κ2) is 5.93. The monoisotopic (exact) mass is 313 g/mol. The third-order valence-corrected chi connectivity index (χ3v) is 4.10. The molecule has 2 N–H and O–H groups in total. The maximum atomic E-state index is 13.6. The first-order valence-electron chi connectivity index (χ1n) is 6.30. The normalized spacial score (nSPS) is 23.9. The molecule has 1 aromatic rings. The average molecular weight is 314 g/mol. The number of hydrogen-bond acceptors (Lipinski definition) is 2. The van der Waals surface area contributed by atoms with Gasteiger partial charge in [0.15, 0.2) is 0 Å². The largest absolute Gasteiger partial charge is 0.327 e. The Morgan fingerprint density at radius 1 is 1.39 bits per heavy atom. The Labute approximate surface area is 115 Å². The summed E-state index contributed by atoms with van der Waals surface area (Å²) in [6.45, 7) is 0. The molecule has 0 amide bonds. The highest BCUT2D eigenvalue weighted by Crippen LogP contribution is 2.26. The molecule has 0 bridgehead atoms. The molecule has 1 fully saturated rings. The third kappa shape index (κ3) is 3.18. The summed E-state index contributed by atoms with van der Waals surface area (Å²) in [7, 11) is 0. The average Bonchev–Trinajstić information content (AvgIpc) is 2.34. The van der Waals surface area contributed by atoms with Crippen molar-refractivity contribution in [3.63, 3.8) is 0 Å². The summed E-state index contributed by atoms with van der Waals surface area (Å²) in [5.74, 6) is -0.354. The third-order valence-electron chi connectivity index (χ3n) is 3.61. The summed E-state index contributed by atoms with van der Waals surface area (Å²) < 4.78 is 14.4. The quantitative estimate of drug-likeness (QED) is 0.931. The highest BCUT2D eigenvalue weighted by molar-refractivity contribution is 9.10. The number of carbonyl (C=O) groups excluding carboxylic acids is 1. The van der Waals surface area contributed by atoms with Crippen molar-refractivity contribution in [2.24, 2.45) is 11.7 Å². The van der Waals surface area contributed by atoms with E-state index in [1.165, 1.54) is 6.07 Å². The number of rotatable bonds is 3. The second-order valence-corrected chi connectivity index (χ2v) is 5.85. The number of ketones is 1. The number of benzene rings is 1. The molecular formula is C14H17BrFNO. The van der Waals surface area contributed by atoms with E-state index in [1.54, 1.807) is 12.1 Å². The van der Waals surface area contributed by atoms with Crippen molar-refractivity contribution in [1.29, 1.82) is 0 Å². The molecule has 4 heteroatoms. The molecule has 98 valence electrons. The lowest BCUT2D eigenvalue weighted by atomic mass is 9.80. The van der Waals surface area contributed by atoms with Gasteiger partial charge >= 0.3 is 0 Å². The summed E-state index contributed by atoms with van der Waals surface area (Å²) >= 11 is 3.29. The van der Waals surface area contributed by atoms with E-state index in [0.717, 1.165) is 30.2 Å². The number of halogens is 2. The summed E-state index contributed by atoms with van der Waals surface area (Å²) in [5, 5.41) is 0. The highest BCUT2D eigenvalue weighted by Gasteiger charge is 2.28. The van der Waals surface area contributed by atoms with Gasteiger partial charge in [0.05, 0.1) is 0 Å². The van der Waals surface area contributed by atoms with Crippen LogP contribution in [0.25, 0.3) is 0 Å². The predicted molar refractivity (Wildman–Crippen MR) is 72.7 cm³/mol. The molecule has 1 aliphatic rings. The first-order chi connectivity index (χ1) is 8.58. The van der Waals surface area contributed by atoms with E-state index in [4.69, 9.17) is 5.73 Å². The highest BCUT2D eigenvalue weighted by atomic mass is 79.9.